The fourth-order valence-corrected chi connectivity index (χ4v) is 4.85. The summed E-state index contributed by atoms with van der Waals surface area (Å²) in [5.74, 6) is 13.1. The molecule has 0 aromatic heterocycles. The van der Waals surface area contributed by atoms with Crippen LogP contribution in [-0.2, 0) is 0 Å². The lowest BCUT2D eigenvalue weighted by Crippen LogP contribution is -1.87. The molecule has 0 fully saturated rings. The maximum atomic E-state index is 4.49. The first kappa shape index (κ1) is 35.9. The molecule has 0 heteroatoms. The van der Waals surface area contributed by atoms with Crippen LogP contribution in [0.3, 0.4) is 0 Å². The molecule has 0 aliphatic carbocycles. The molecule has 4 aromatic carbocycles. The third-order valence-electron chi connectivity index (χ3n) is 7.20. The third-order valence-corrected chi connectivity index (χ3v) is 7.20. The standard InChI is InChI=1S/C45H40.C2H6/c1-5-7-8-9-10-11-15-22-38(6-2)29-28-36(3)42-25-18-12-14-21-37(4)45(44-27-20-19-26-43(42)44)41-34-32-40(33-35-41)31-30-39-23-16-13-17-24-39;1-2/h6-10,12-14,16-21,23-29,32-35H,3,5,11H2,1-2,4H3;1-2H3/b8-7-,10-9-,14-12?,18-12?,21-14?,25-18?,29-28-,37-21?,38-6-,42-25?,43-42?,45-37?,45-44?;. The van der Waals surface area contributed by atoms with Gasteiger partial charge in [0.05, 0.1) is 0 Å². The van der Waals surface area contributed by atoms with Crippen molar-refractivity contribution in [2.24, 2.45) is 0 Å². The SMILES string of the molecule is C=C(/C=C\C(C#CC/C=C\C=C/CC)=C/C)c1cccccc(C)c(-c2ccc(C#Cc3ccccc3)cc2)c2ccccc12.CC. The van der Waals surface area contributed by atoms with Crippen LogP contribution in [0.5, 0.6) is 0 Å². The molecule has 0 atom stereocenters. The summed E-state index contributed by atoms with van der Waals surface area (Å²) in [4.78, 5) is 0. The van der Waals surface area contributed by atoms with Crippen LogP contribution in [0, 0.1) is 30.6 Å². The Kier molecular flexibility index (Phi) is 15.6. The first-order valence-electron chi connectivity index (χ1n) is 16.5. The molecule has 0 saturated heterocycles. The Morgan fingerprint density at radius 3 is 1.96 bits per heavy atom. The average Bonchev–Trinajstić information content (AvgIpc) is 3.12. The second-order valence-corrected chi connectivity index (χ2v) is 10.5. The third kappa shape index (κ3) is 11.4. The van der Waals surface area contributed by atoms with Crippen LogP contribution in [0.4, 0.5) is 0 Å². The zero-order chi connectivity index (χ0) is 33.7. The zero-order valence-corrected chi connectivity index (χ0v) is 28.6. The number of fused-ring (bicyclic) bond motifs is 1. The van der Waals surface area contributed by atoms with Crippen molar-refractivity contribution in [3.8, 4) is 34.8 Å². The van der Waals surface area contributed by atoms with Crippen molar-refractivity contribution in [1.82, 2.24) is 0 Å². The quantitative estimate of drug-likeness (QED) is 0.144. The van der Waals surface area contributed by atoms with Crippen LogP contribution in [0.1, 0.15) is 62.8 Å². The summed E-state index contributed by atoms with van der Waals surface area (Å²) >= 11 is 0. The van der Waals surface area contributed by atoms with E-state index in [-0.39, 0.29) is 0 Å². The molecule has 234 valence electrons. The van der Waals surface area contributed by atoms with E-state index in [9.17, 15) is 0 Å². The lowest BCUT2D eigenvalue weighted by molar-refractivity contribution is 1.22. The van der Waals surface area contributed by atoms with E-state index in [1.165, 1.54) is 11.1 Å². The van der Waals surface area contributed by atoms with Gasteiger partial charge >= 0.3 is 0 Å². The predicted octanol–water partition coefficient (Wildman–Crippen LogP) is 12.8. The largest absolute Gasteiger partial charge is 0.0937 e. The topological polar surface area (TPSA) is 0 Å². The van der Waals surface area contributed by atoms with E-state index >= 15 is 0 Å². The van der Waals surface area contributed by atoms with Gasteiger partial charge in [-0.1, -0.05) is 172 Å². The highest BCUT2D eigenvalue weighted by molar-refractivity contribution is 6.02. The molecule has 0 heterocycles. The molecule has 0 saturated carbocycles. The van der Waals surface area contributed by atoms with Crippen molar-refractivity contribution in [2.75, 3.05) is 0 Å². The number of aryl methyl sites for hydroxylation is 1. The van der Waals surface area contributed by atoms with Crippen LogP contribution in [0.25, 0.3) is 27.5 Å². The summed E-state index contributed by atoms with van der Waals surface area (Å²) < 4.78 is 0. The minimum atomic E-state index is 0.714. The van der Waals surface area contributed by atoms with Crippen molar-refractivity contribution in [3.63, 3.8) is 0 Å². The molecule has 4 aromatic rings. The van der Waals surface area contributed by atoms with Crippen molar-refractivity contribution in [2.45, 2.75) is 47.5 Å². The van der Waals surface area contributed by atoms with Crippen LogP contribution >= 0.6 is 0 Å². The van der Waals surface area contributed by atoms with Gasteiger partial charge in [0.25, 0.3) is 0 Å². The molecular formula is C47H46. The van der Waals surface area contributed by atoms with Crippen LogP contribution in [0.2, 0.25) is 0 Å². The molecule has 0 aliphatic heterocycles. The van der Waals surface area contributed by atoms with E-state index in [2.05, 4.69) is 159 Å². The van der Waals surface area contributed by atoms with Gasteiger partial charge < -0.3 is 0 Å². The van der Waals surface area contributed by atoms with E-state index in [0.717, 1.165) is 50.6 Å². The highest BCUT2D eigenvalue weighted by Gasteiger charge is 2.08. The molecule has 0 unspecified atom stereocenters. The van der Waals surface area contributed by atoms with Gasteiger partial charge in [0.2, 0.25) is 0 Å². The molecular weight excluding hydrogens is 565 g/mol. The molecule has 4 rings (SSSR count). The fraction of sp³-hybridized carbons (Fsp3) is 0.149. The number of rotatable bonds is 7. The van der Waals surface area contributed by atoms with Gasteiger partial charge in [-0.3, -0.25) is 0 Å². The first-order valence-corrected chi connectivity index (χ1v) is 16.5. The molecule has 0 spiro atoms. The maximum Gasteiger partial charge on any atom is 0.0276 e. The van der Waals surface area contributed by atoms with Gasteiger partial charge in [-0.15, -0.1) is 0 Å². The van der Waals surface area contributed by atoms with Crippen LogP contribution < -0.4 is 0 Å². The van der Waals surface area contributed by atoms with Gasteiger partial charge in [-0.25, -0.2) is 0 Å². The summed E-state index contributed by atoms with van der Waals surface area (Å²) in [5.41, 5.74) is 8.46. The summed E-state index contributed by atoms with van der Waals surface area (Å²) in [6.07, 6.45) is 16.2. The summed E-state index contributed by atoms with van der Waals surface area (Å²) in [7, 11) is 0. The minimum absolute atomic E-state index is 0.714. The van der Waals surface area contributed by atoms with Gasteiger partial charge in [-0.2, -0.15) is 0 Å². The van der Waals surface area contributed by atoms with Crippen molar-refractivity contribution in [3.05, 3.63) is 186 Å². The molecule has 0 nitrogen and oxygen atoms in total. The number of hydrogen-bond donors (Lipinski definition) is 0. The Morgan fingerprint density at radius 1 is 0.681 bits per heavy atom. The molecule has 0 N–H and O–H groups in total. The second kappa shape index (κ2) is 20.5. The second-order valence-electron chi connectivity index (χ2n) is 10.5. The van der Waals surface area contributed by atoms with E-state index in [4.69, 9.17) is 0 Å². The highest BCUT2D eigenvalue weighted by atomic mass is 14.1. The van der Waals surface area contributed by atoms with Crippen LogP contribution in [0.15, 0.2) is 164 Å². The molecule has 0 bridgehead atoms. The Bertz CT molecular complexity index is 1920. The molecule has 47 heavy (non-hydrogen) atoms. The lowest BCUT2D eigenvalue weighted by atomic mass is 9.92. The first-order chi connectivity index (χ1) is 23.1. The van der Waals surface area contributed by atoms with Crippen molar-refractivity contribution < 1.29 is 0 Å². The smallest absolute Gasteiger partial charge is 0.0276 e. The number of allylic oxidation sites excluding steroid dienone is 9. The Labute approximate surface area is 283 Å². The molecule has 0 aliphatic rings. The predicted molar refractivity (Wildman–Crippen MR) is 208 cm³/mol. The van der Waals surface area contributed by atoms with Gasteiger partial charge in [0.15, 0.2) is 0 Å². The van der Waals surface area contributed by atoms with E-state index in [1.807, 2.05) is 57.2 Å². The minimum Gasteiger partial charge on any atom is -0.0937 e. The van der Waals surface area contributed by atoms with Crippen LogP contribution in [-0.4, -0.2) is 0 Å². The van der Waals surface area contributed by atoms with Gasteiger partial charge in [0, 0.05) is 23.1 Å². The van der Waals surface area contributed by atoms with Crippen molar-refractivity contribution in [1.29, 1.82) is 0 Å². The molecule has 0 amide bonds. The van der Waals surface area contributed by atoms with E-state index in [1.54, 1.807) is 0 Å². The Morgan fingerprint density at radius 2 is 1.28 bits per heavy atom. The monoisotopic (exact) mass is 610 g/mol. The summed E-state index contributed by atoms with van der Waals surface area (Å²) in [5, 5.41) is 2.29. The molecule has 0 radical (unpaired) electrons. The van der Waals surface area contributed by atoms with E-state index < -0.39 is 0 Å². The number of hydrogen-bond acceptors (Lipinski definition) is 0. The zero-order valence-electron chi connectivity index (χ0n) is 28.6. The highest BCUT2D eigenvalue weighted by Crippen LogP contribution is 2.33. The lowest BCUT2D eigenvalue weighted by Gasteiger charge is -2.11. The van der Waals surface area contributed by atoms with Gasteiger partial charge in [0.1, 0.15) is 0 Å². The number of benzene rings is 3. The Balaban J connectivity index is 0.00000294. The summed E-state index contributed by atoms with van der Waals surface area (Å²) in [6, 6.07) is 37.8. The summed E-state index contributed by atoms with van der Waals surface area (Å²) in [6.45, 7) is 14.8. The Hall–Kier alpha value is -5.56. The van der Waals surface area contributed by atoms with E-state index in [0.29, 0.717) is 6.42 Å². The normalized spacial score (nSPS) is 10.9. The maximum absolute atomic E-state index is 4.49. The van der Waals surface area contributed by atoms with Gasteiger partial charge in [-0.05, 0) is 89.2 Å². The van der Waals surface area contributed by atoms with Crippen molar-refractivity contribution >= 4 is 16.3 Å². The fourth-order valence-electron chi connectivity index (χ4n) is 4.85. The average molecular weight is 611 g/mol.